The van der Waals surface area contributed by atoms with Crippen molar-refractivity contribution in [3.63, 3.8) is 0 Å². The van der Waals surface area contributed by atoms with E-state index in [0.717, 1.165) is 22.5 Å². The number of benzene rings is 2. The first-order valence-corrected chi connectivity index (χ1v) is 10.4. The van der Waals surface area contributed by atoms with Crippen molar-refractivity contribution in [1.82, 2.24) is 15.8 Å². The highest BCUT2D eigenvalue weighted by Gasteiger charge is 2.32. The average Bonchev–Trinajstić information content (AvgIpc) is 3.24. The normalized spacial score (nSPS) is 16.5. The zero-order chi connectivity index (χ0) is 21.8. The minimum Gasteiger partial charge on any atom is -0.359 e. The Bertz CT molecular complexity index is 1070. The molecule has 0 spiro atoms. The summed E-state index contributed by atoms with van der Waals surface area (Å²) in [6.07, 6.45) is 1.24. The Balaban J connectivity index is 0.00000289. The van der Waals surface area contributed by atoms with E-state index in [9.17, 15) is 9.59 Å². The van der Waals surface area contributed by atoms with Gasteiger partial charge in [-0.05, 0) is 38.4 Å². The van der Waals surface area contributed by atoms with E-state index in [-0.39, 0.29) is 36.8 Å². The maximum atomic E-state index is 13.5. The smallest absolute Gasteiger partial charge is 0.249 e. The van der Waals surface area contributed by atoms with E-state index < -0.39 is 6.04 Å². The average molecular weight is 455 g/mol. The lowest BCUT2D eigenvalue weighted by atomic mass is 10.1. The summed E-state index contributed by atoms with van der Waals surface area (Å²) in [5.74, 6) is 0.231. The minimum absolute atomic E-state index is 0. The lowest BCUT2D eigenvalue weighted by Gasteiger charge is -2.26. The summed E-state index contributed by atoms with van der Waals surface area (Å²) in [6, 6.07) is 18.5. The number of hydrogen-bond donors (Lipinski definition) is 2. The SMILES string of the molecule is CNC(C)C(=O)NC1CCc2ccccc2N(Cc2cc(-c3ccccc3)no2)C1=O.Cl. The number of nitrogens with zero attached hydrogens (tertiary/aromatic N) is 2. The standard InChI is InChI=1S/C24H26N4O3.ClH/c1-16(25-2)23(29)26-20-13-12-18-10-6-7-11-22(18)28(24(20)30)15-19-14-21(27-31-19)17-8-4-3-5-9-17;/h3-11,14,16,20,25H,12-13,15H2,1-2H3,(H,26,29);1H. The summed E-state index contributed by atoms with van der Waals surface area (Å²) < 4.78 is 5.56. The Morgan fingerprint density at radius 1 is 1.19 bits per heavy atom. The van der Waals surface area contributed by atoms with Gasteiger partial charge in [-0.3, -0.25) is 9.59 Å². The zero-order valence-corrected chi connectivity index (χ0v) is 18.9. The van der Waals surface area contributed by atoms with Crippen molar-refractivity contribution < 1.29 is 14.1 Å². The number of aromatic nitrogens is 1. The number of fused-ring (bicyclic) bond motifs is 1. The molecule has 1 aliphatic rings. The fourth-order valence-electron chi connectivity index (χ4n) is 3.73. The van der Waals surface area contributed by atoms with E-state index in [1.165, 1.54) is 0 Å². The number of hydrogen-bond acceptors (Lipinski definition) is 5. The van der Waals surface area contributed by atoms with Crippen LogP contribution in [-0.4, -0.2) is 36.1 Å². The van der Waals surface area contributed by atoms with Crippen LogP contribution in [0.3, 0.4) is 0 Å². The number of para-hydroxylation sites is 1. The molecule has 0 saturated heterocycles. The van der Waals surface area contributed by atoms with E-state index in [4.69, 9.17) is 4.52 Å². The van der Waals surface area contributed by atoms with Gasteiger partial charge < -0.3 is 20.1 Å². The largest absolute Gasteiger partial charge is 0.359 e. The number of amides is 2. The van der Waals surface area contributed by atoms with E-state index in [1.54, 1.807) is 18.9 Å². The molecule has 0 fully saturated rings. The summed E-state index contributed by atoms with van der Waals surface area (Å²) in [5.41, 5.74) is 3.57. The van der Waals surface area contributed by atoms with Crippen molar-refractivity contribution in [2.24, 2.45) is 0 Å². The van der Waals surface area contributed by atoms with E-state index in [0.29, 0.717) is 18.6 Å². The molecular formula is C24H27ClN4O3. The molecule has 0 saturated carbocycles. The molecule has 1 aliphatic heterocycles. The number of aryl methyl sites for hydroxylation is 1. The quantitative estimate of drug-likeness (QED) is 0.596. The van der Waals surface area contributed by atoms with Gasteiger partial charge in [-0.2, -0.15) is 0 Å². The molecule has 2 N–H and O–H groups in total. The van der Waals surface area contributed by atoms with Gasteiger partial charge >= 0.3 is 0 Å². The molecule has 0 bridgehead atoms. The van der Waals surface area contributed by atoms with Crippen LogP contribution in [0.4, 0.5) is 5.69 Å². The van der Waals surface area contributed by atoms with Gasteiger partial charge in [-0.25, -0.2) is 0 Å². The highest BCUT2D eigenvalue weighted by atomic mass is 35.5. The van der Waals surface area contributed by atoms with Gasteiger partial charge in [-0.1, -0.05) is 53.7 Å². The molecule has 1 aromatic heterocycles. The molecule has 0 radical (unpaired) electrons. The summed E-state index contributed by atoms with van der Waals surface area (Å²) in [5, 5.41) is 9.98. The Morgan fingerprint density at radius 2 is 1.91 bits per heavy atom. The van der Waals surface area contributed by atoms with Crippen LogP contribution in [0.15, 0.2) is 65.2 Å². The van der Waals surface area contributed by atoms with E-state index >= 15 is 0 Å². The topological polar surface area (TPSA) is 87.5 Å². The number of carbonyl (C=O) groups excluding carboxylic acids is 2. The Kier molecular flexibility index (Phi) is 7.66. The molecule has 7 nitrogen and oxygen atoms in total. The number of halogens is 1. The molecule has 2 unspecified atom stereocenters. The first kappa shape index (κ1) is 23.5. The highest BCUT2D eigenvalue weighted by molar-refractivity contribution is 6.00. The summed E-state index contributed by atoms with van der Waals surface area (Å²) >= 11 is 0. The van der Waals surface area contributed by atoms with Gasteiger partial charge in [0.05, 0.1) is 12.6 Å². The van der Waals surface area contributed by atoms with Gasteiger partial charge in [0.25, 0.3) is 0 Å². The summed E-state index contributed by atoms with van der Waals surface area (Å²) in [4.78, 5) is 27.6. The maximum Gasteiger partial charge on any atom is 0.249 e. The lowest BCUT2D eigenvalue weighted by molar-refractivity contribution is -0.128. The van der Waals surface area contributed by atoms with Crippen LogP contribution in [0, 0.1) is 0 Å². The lowest BCUT2D eigenvalue weighted by Crippen LogP contribution is -2.52. The fraction of sp³-hybridized carbons (Fsp3) is 0.292. The van der Waals surface area contributed by atoms with Crippen LogP contribution in [0.5, 0.6) is 0 Å². The molecule has 0 aliphatic carbocycles. The Morgan fingerprint density at radius 3 is 2.66 bits per heavy atom. The summed E-state index contributed by atoms with van der Waals surface area (Å²) in [6.45, 7) is 2.01. The van der Waals surface area contributed by atoms with Crippen LogP contribution in [0.1, 0.15) is 24.7 Å². The zero-order valence-electron chi connectivity index (χ0n) is 18.1. The monoisotopic (exact) mass is 454 g/mol. The van der Waals surface area contributed by atoms with E-state index in [1.807, 2.05) is 60.7 Å². The maximum absolute atomic E-state index is 13.5. The van der Waals surface area contributed by atoms with Crippen LogP contribution in [0.25, 0.3) is 11.3 Å². The van der Waals surface area contributed by atoms with Crippen LogP contribution >= 0.6 is 12.4 Å². The van der Waals surface area contributed by atoms with Crippen molar-refractivity contribution in [1.29, 1.82) is 0 Å². The minimum atomic E-state index is -0.604. The van der Waals surface area contributed by atoms with Crippen LogP contribution < -0.4 is 15.5 Å². The third-order valence-corrected chi connectivity index (χ3v) is 5.63. The third kappa shape index (κ3) is 5.00. The molecule has 2 heterocycles. The predicted molar refractivity (Wildman–Crippen MR) is 126 cm³/mol. The second-order valence-corrected chi connectivity index (χ2v) is 7.71. The molecule has 2 amide bonds. The second kappa shape index (κ2) is 10.4. The van der Waals surface area contributed by atoms with E-state index in [2.05, 4.69) is 15.8 Å². The van der Waals surface area contributed by atoms with Crippen molar-refractivity contribution in [3.8, 4) is 11.3 Å². The first-order valence-electron chi connectivity index (χ1n) is 10.4. The molecule has 32 heavy (non-hydrogen) atoms. The van der Waals surface area contributed by atoms with Gasteiger partial charge in [0.1, 0.15) is 11.7 Å². The number of carbonyl (C=O) groups is 2. The van der Waals surface area contributed by atoms with Gasteiger partial charge in [0.2, 0.25) is 11.8 Å². The number of nitrogens with one attached hydrogen (secondary N) is 2. The van der Waals surface area contributed by atoms with Crippen molar-refractivity contribution in [3.05, 3.63) is 72.0 Å². The van der Waals surface area contributed by atoms with Gasteiger partial charge in [0, 0.05) is 17.3 Å². The molecule has 2 aromatic carbocycles. The molecule has 168 valence electrons. The first-order chi connectivity index (χ1) is 15.1. The Hall–Kier alpha value is -3.16. The fourth-order valence-corrected chi connectivity index (χ4v) is 3.73. The highest BCUT2D eigenvalue weighted by Crippen LogP contribution is 2.29. The van der Waals surface area contributed by atoms with Crippen LogP contribution in [-0.2, 0) is 22.6 Å². The number of rotatable bonds is 6. The van der Waals surface area contributed by atoms with Crippen LogP contribution in [0.2, 0.25) is 0 Å². The van der Waals surface area contributed by atoms with Crippen molar-refractivity contribution >= 4 is 29.9 Å². The summed E-state index contributed by atoms with van der Waals surface area (Å²) in [7, 11) is 1.72. The molecule has 3 aromatic rings. The van der Waals surface area contributed by atoms with Gasteiger partial charge in [0.15, 0.2) is 5.76 Å². The third-order valence-electron chi connectivity index (χ3n) is 5.63. The molecule has 8 heteroatoms. The molecule has 4 rings (SSSR count). The second-order valence-electron chi connectivity index (χ2n) is 7.71. The Labute approximate surface area is 193 Å². The predicted octanol–water partition coefficient (Wildman–Crippen LogP) is 3.34. The van der Waals surface area contributed by atoms with Crippen molar-refractivity contribution in [2.45, 2.75) is 38.4 Å². The van der Waals surface area contributed by atoms with Gasteiger partial charge in [-0.15, -0.1) is 12.4 Å². The number of likely N-dealkylation sites (N-methyl/N-ethyl adjacent to an activating group) is 1. The number of anilines is 1. The molecular weight excluding hydrogens is 428 g/mol. The van der Waals surface area contributed by atoms with Crippen molar-refractivity contribution in [2.75, 3.05) is 11.9 Å². The molecule has 2 atom stereocenters.